The number of benzene rings is 2. The molecule has 3 nitrogen and oxygen atoms in total. The van der Waals surface area contributed by atoms with E-state index in [0.717, 1.165) is 11.3 Å². The van der Waals surface area contributed by atoms with Crippen molar-refractivity contribution in [1.29, 1.82) is 0 Å². The Labute approximate surface area is 128 Å². The first-order valence-electron chi connectivity index (χ1n) is 5.99. The van der Waals surface area contributed by atoms with E-state index in [0.29, 0.717) is 10.6 Å². The summed E-state index contributed by atoms with van der Waals surface area (Å²) in [5, 5.41) is 6.37. The summed E-state index contributed by atoms with van der Waals surface area (Å²) >= 11 is 11.0. The van der Waals surface area contributed by atoms with Crippen LogP contribution in [0.3, 0.4) is 0 Å². The van der Waals surface area contributed by atoms with Crippen LogP contribution in [0.25, 0.3) is 0 Å². The molecule has 0 fully saturated rings. The SMILES string of the molecule is Cc1ccc(C(=O)NC(=S)Nc2cccc(Cl)c2)cc1. The van der Waals surface area contributed by atoms with Crippen molar-refractivity contribution in [3.8, 4) is 0 Å². The highest BCUT2D eigenvalue weighted by Crippen LogP contribution is 2.14. The highest BCUT2D eigenvalue weighted by molar-refractivity contribution is 7.80. The minimum atomic E-state index is -0.246. The maximum Gasteiger partial charge on any atom is 0.257 e. The third-order valence-electron chi connectivity index (χ3n) is 2.62. The standard InChI is InChI=1S/C15H13ClN2OS/c1-10-5-7-11(8-6-10)14(19)18-15(20)17-13-4-2-3-12(16)9-13/h2-9H,1H3,(H2,17,18,19,20). The van der Waals surface area contributed by atoms with Gasteiger partial charge in [-0.3, -0.25) is 10.1 Å². The van der Waals surface area contributed by atoms with Gasteiger partial charge < -0.3 is 5.32 Å². The summed E-state index contributed by atoms with van der Waals surface area (Å²) in [4.78, 5) is 12.0. The molecule has 0 radical (unpaired) electrons. The number of nitrogens with one attached hydrogen (secondary N) is 2. The molecule has 0 aliphatic rings. The average molecular weight is 305 g/mol. The number of halogens is 1. The van der Waals surface area contributed by atoms with Gasteiger partial charge in [0.25, 0.3) is 5.91 Å². The van der Waals surface area contributed by atoms with Crippen LogP contribution in [0.4, 0.5) is 5.69 Å². The van der Waals surface area contributed by atoms with Crippen molar-refractivity contribution in [1.82, 2.24) is 5.32 Å². The van der Waals surface area contributed by atoms with Crippen molar-refractivity contribution < 1.29 is 4.79 Å². The van der Waals surface area contributed by atoms with Crippen LogP contribution < -0.4 is 10.6 Å². The number of hydrogen-bond donors (Lipinski definition) is 2. The summed E-state index contributed by atoms with van der Waals surface area (Å²) in [5.74, 6) is -0.246. The minimum absolute atomic E-state index is 0.234. The van der Waals surface area contributed by atoms with Crippen LogP contribution in [0.15, 0.2) is 48.5 Å². The maximum atomic E-state index is 12.0. The second-order valence-electron chi connectivity index (χ2n) is 4.28. The van der Waals surface area contributed by atoms with E-state index in [1.165, 1.54) is 0 Å². The molecule has 0 unspecified atom stereocenters. The van der Waals surface area contributed by atoms with E-state index >= 15 is 0 Å². The largest absolute Gasteiger partial charge is 0.332 e. The van der Waals surface area contributed by atoms with Crippen molar-refractivity contribution in [2.24, 2.45) is 0 Å². The first kappa shape index (κ1) is 14.5. The van der Waals surface area contributed by atoms with Crippen LogP contribution in [0.1, 0.15) is 15.9 Å². The molecule has 0 heterocycles. The van der Waals surface area contributed by atoms with E-state index in [2.05, 4.69) is 10.6 Å². The van der Waals surface area contributed by atoms with E-state index in [1.54, 1.807) is 30.3 Å². The molecule has 0 saturated heterocycles. The Bertz CT molecular complexity index is 641. The fourth-order valence-electron chi connectivity index (χ4n) is 1.61. The van der Waals surface area contributed by atoms with E-state index in [1.807, 2.05) is 25.1 Å². The summed E-state index contributed by atoms with van der Waals surface area (Å²) in [6, 6.07) is 14.4. The number of anilines is 1. The molecule has 0 atom stereocenters. The third kappa shape index (κ3) is 4.05. The molecule has 0 aliphatic heterocycles. The van der Waals surface area contributed by atoms with Gasteiger partial charge in [0, 0.05) is 16.3 Å². The van der Waals surface area contributed by atoms with Crippen LogP contribution in [0, 0.1) is 6.92 Å². The zero-order valence-corrected chi connectivity index (χ0v) is 12.4. The number of carbonyl (C=O) groups excluding carboxylic acids is 1. The Morgan fingerprint density at radius 2 is 1.85 bits per heavy atom. The summed E-state index contributed by atoms with van der Waals surface area (Å²) in [7, 11) is 0. The van der Waals surface area contributed by atoms with Gasteiger partial charge in [-0.1, -0.05) is 35.4 Å². The van der Waals surface area contributed by atoms with Crippen molar-refractivity contribution in [2.75, 3.05) is 5.32 Å². The molecule has 2 rings (SSSR count). The zero-order chi connectivity index (χ0) is 14.5. The van der Waals surface area contributed by atoms with Crippen LogP contribution in [-0.2, 0) is 0 Å². The van der Waals surface area contributed by atoms with Gasteiger partial charge in [0.1, 0.15) is 0 Å². The molecule has 0 saturated carbocycles. The number of aryl methyl sites for hydroxylation is 1. The molecule has 0 spiro atoms. The predicted molar refractivity (Wildman–Crippen MR) is 86.3 cm³/mol. The lowest BCUT2D eigenvalue weighted by atomic mass is 10.1. The third-order valence-corrected chi connectivity index (χ3v) is 3.06. The molecule has 2 aromatic carbocycles. The smallest absolute Gasteiger partial charge is 0.257 e. The highest BCUT2D eigenvalue weighted by atomic mass is 35.5. The first-order valence-corrected chi connectivity index (χ1v) is 6.78. The second kappa shape index (κ2) is 6.50. The number of amides is 1. The van der Waals surface area contributed by atoms with Crippen LogP contribution in [0.5, 0.6) is 0 Å². The summed E-state index contributed by atoms with van der Waals surface area (Å²) in [5.41, 5.74) is 2.39. The normalized spacial score (nSPS) is 9.90. The van der Waals surface area contributed by atoms with Crippen molar-refractivity contribution >= 4 is 40.5 Å². The van der Waals surface area contributed by atoms with Gasteiger partial charge in [0.15, 0.2) is 5.11 Å². The molecule has 0 aromatic heterocycles. The van der Waals surface area contributed by atoms with Crippen LogP contribution in [-0.4, -0.2) is 11.0 Å². The van der Waals surface area contributed by atoms with Crippen LogP contribution in [0.2, 0.25) is 5.02 Å². The fraction of sp³-hybridized carbons (Fsp3) is 0.0667. The molecule has 1 amide bonds. The zero-order valence-electron chi connectivity index (χ0n) is 10.8. The number of thiocarbonyl (C=S) groups is 1. The van der Waals surface area contributed by atoms with E-state index in [4.69, 9.17) is 23.8 Å². The Hall–Kier alpha value is -1.91. The van der Waals surface area contributed by atoms with E-state index < -0.39 is 0 Å². The predicted octanol–water partition coefficient (Wildman–Crippen LogP) is 3.78. The van der Waals surface area contributed by atoms with Gasteiger partial charge >= 0.3 is 0 Å². The van der Waals surface area contributed by atoms with Gasteiger partial charge in [0.2, 0.25) is 0 Å². The van der Waals surface area contributed by atoms with Gasteiger partial charge in [-0.15, -0.1) is 0 Å². The molecule has 0 bridgehead atoms. The Balaban J connectivity index is 1.97. The van der Waals surface area contributed by atoms with Crippen molar-refractivity contribution in [3.05, 3.63) is 64.7 Å². The number of rotatable bonds is 2. The minimum Gasteiger partial charge on any atom is -0.332 e. The lowest BCUT2D eigenvalue weighted by molar-refractivity contribution is 0.0978. The fourth-order valence-corrected chi connectivity index (χ4v) is 2.01. The molecular formula is C15H13ClN2OS. The first-order chi connectivity index (χ1) is 9.54. The van der Waals surface area contributed by atoms with Crippen molar-refractivity contribution in [2.45, 2.75) is 6.92 Å². The molecule has 0 aliphatic carbocycles. The number of carbonyl (C=O) groups is 1. The second-order valence-corrected chi connectivity index (χ2v) is 5.13. The Morgan fingerprint density at radius 1 is 1.15 bits per heavy atom. The molecule has 5 heteroatoms. The molecule has 2 aromatic rings. The van der Waals surface area contributed by atoms with E-state index in [9.17, 15) is 4.79 Å². The molecule has 20 heavy (non-hydrogen) atoms. The monoisotopic (exact) mass is 304 g/mol. The number of hydrogen-bond acceptors (Lipinski definition) is 2. The summed E-state index contributed by atoms with van der Waals surface area (Å²) in [6.45, 7) is 1.97. The average Bonchev–Trinajstić information content (AvgIpc) is 2.39. The van der Waals surface area contributed by atoms with Crippen LogP contribution >= 0.6 is 23.8 Å². The molecule has 2 N–H and O–H groups in total. The van der Waals surface area contributed by atoms with Gasteiger partial charge in [-0.2, -0.15) is 0 Å². The molecular weight excluding hydrogens is 292 g/mol. The highest BCUT2D eigenvalue weighted by Gasteiger charge is 2.07. The Kier molecular flexibility index (Phi) is 4.71. The molecule has 102 valence electrons. The lowest BCUT2D eigenvalue weighted by Crippen LogP contribution is -2.34. The van der Waals surface area contributed by atoms with Gasteiger partial charge in [-0.25, -0.2) is 0 Å². The topological polar surface area (TPSA) is 41.1 Å². The van der Waals surface area contributed by atoms with Crippen molar-refractivity contribution in [3.63, 3.8) is 0 Å². The maximum absolute atomic E-state index is 12.0. The summed E-state index contributed by atoms with van der Waals surface area (Å²) in [6.07, 6.45) is 0. The summed E-state index contributed by atoms with van der Waals surface area (Å²) < 4.78 is 0. The lowest BCUT2D eigenvalue weighted by Gasteiger charge is -2.09. The quantitative estimate of drug-likeness (QED) is 0.830. The Morgan fingerprint density at radius 3 is 2.50 bits per heavy atom. The van der Waals surface area contributed by atoms with E-state index in [-0.39, 0.29) is 11.0 Å². The van der Waals surface area contributed by atoms with Gasteiger partial charge in [-0.05, 0) is 49.5 Å². The van der Waals surface area contributed by atoms with Gasteiger partial charge in [0.05, 0.1) is 0 Å².